The van der Waals surface area contributed by atoms with Crippen molar-refractivity contribution >= 4 is 37.5 Å². The van der Waals surface area contributed by atoms with E-state index in [9.17, 15) is 13.2 Å². The first kappa shape index (κ1) is 21.8. The Balaban J connectivity index is 1.94. The highest BCUT2D eigenvalue weighted by Crippen LogP contribution is 2.32. The van der Waals surface area contributed by atoms with Gasteiger partial charge in [0.15, 0.2) is 0 Å². The molecule has 1 saturated heterocycles. The van der Waals surface area contributed by atoms with E-state index in [-0.39, 0.29) is 28.2 Å². The first-order valence-electron chi connectivity index (χ1n) is 9.63. The van der Waals surface area contributed by atoms with Crippen LogP contribution < -0.4 is 10.1 Å². The Labute approximate surface area is 180 Å². The summed E-state index contributed by atoms with van der Waals surface area (Å²) in [4.78, 5) is 12.7. The molecule has 1 aliphatic heterocycles. The van der Waals surface area contributed by atoms with Crippen molar-refractivity contribution in [2.75, 3.05) is 19.0 Å². The molecule has 2 aromatic rings. The van der Waals surface area contributed by atoms with Gasteiger partial charge in [-0.15, -0.1) is 0 Å². The number of amides is 1. The normalized spacial score (nSPS) is 17.7. The van der Waals surface area contributed by atoms with Crippen LogP contribution in [-0.4, -0.2) is 38.3 Å². The van der Waals surface area contributed by atoms with Crippen LogP contribution in [0.3, 0.4) is 0 Å². The highest BCUT2D eigenvalue weighted by molar-refractivity contribution is 9.10. The second-order valence-corrected chi connectivity index (χ2v) is 9.77. The Kier molecular flexibility index (Phi) is 6.97. The number of sulfonamides is 1. The lowest BCUT2D eigenvalue weighted by atomic mass is 10.0. The SMILES string of the molecule is CC[C@@H]1CCCCN1S(=O)(=O)c1cc(C(=O)Nc2ccc(Br)cc2)ccc1OC. The predicted octanol–water partition coefficient (Wildman–Crippen LogP) is 4.66. The van der Waals surface area contributed by atoms with Gasteiger partial charge >= 0.3 is 0 Å². The topological polar surface area (TPSA) is 75.7 Å². The number of carbonyl (C=O) groups is 1. The van der Waals surface area contributed by atoms with E-state index in [1.807, 2.05) is 19.1 Å². The van der Waals surface area contributed by atoms with Gasteiger partial charge in [0.2, 0.25) is 10.0 Å². The Morgan fingerprint density at radius 3 is 2.59 bits per heavy atom. The maximum Gasteiger partial charge on any atom is 0.255 e. The number of methoxy groups -OCH3 is 1. The number of hydrogen-bond donors (Lipinski definition) is 1. The molecule has 0 bridgehead atoms. The molecule has 0 aromatic heterocycles. The zero-order chi connectivity index (χ0) is 21.0. The van der Waals surface area contributed by atoms with Gasteiger partial charge in [-0.05, 0) is 61.7 Å². The molecule has 0 unspecified atom stereocenters. The summed E-state index contributed by atoms with van der Waals surface area (Å²) in [6, 6.07) is 11.7. The average molecular weight is 481 g/mol. The summed E-state index contributed by atoms with van der Waals surface area (Å²) in [7, 11) is -2.34. The van der Waals surface area contributed by atoms with E-state index in [2.05, 4.69) is 21.2 Å². The van der Waals surface area contributed by atoms with Crippen LogP contribution in [0.4, 0.5) is 5.69 Å². The summed E-state index contributed by atoms with van der Waals surface area (Å²) in [6.45, 7) is 2.48. The molecule has 1 heterocycles. The Morgan fingerprint density at radius 2 is 1.93 bits per heavy atom. The number of halogens is 1. The molecule has 0 aliphatic carbocycles. The fourth-order valence-electron chi connectivity index (χ4n) is 3.58. The molecular weight excluding hydrogens is 456 g/mol. The first-order valence-corrected chi connectivity index (χ1v) is 11.9. The van der Waals surface area contributed by atoms with Crippen molar-refractivity contribution in [2.45, 2.75) is 43.5 Å². The molecule has 1 amide bonds. The molecule has 1 atom stereocenters. The van der Waals surface area contributed by atoms with Crippen LogP contribution in [0.25, 0.3) is 0 Å². The summed E-state index contributed by atoms with van der Waals surface area (Å²) in [5.41, 5.74) is 0.887. The van der Waals surface area contributed by atoms with Gasteiger partial charge in [0.1, 0.15) is 10.6 Å². The van der Waals surface area contributed by atoms with Crippen molar-refractivity contribution in [2.24, 2.45) is 0 Å². The van der Waals surface area contributed by atoms with Crippen LogP contribution in [0.5, 0.6) is 5.75 Å². The van der Waals surface area contributed by atoms with E-state index in [4.69, 9.17) is 4.74 Å². The molecule has 0 radical (unpaired) electrons. The summed E-state index contributed by atoms with van der Waals surface area (Å²) in [5, 5.41) is 2.79. The average Bonchev–Trinajstić information content (AvgIpc) is 2.74. The lowest BCUT2D eigenvalue weighted by molar-refractivity contribution is 0.102. The van der Waals surface area contributed by atoms with E-state index < -0.39 is 10.0 Å². The third-order valence-corrected chi connectivity index (χ3v) is 7.66. The number of nitrogens with zero attached hydrogens (tertiary/aromatic N) is 1. The van der Waals surface area contributed by atoms with Gasteiger partial charge in [-0.1, -0.05) is 29.3 Å². The Morgan fingerprint density at radius 1 is 1.21 bits per heavy atom. The highest BCUT2D eigenvalue weighted by Gasteiger charge is 2.34. The lowest BCUT2D eigenvalue weighted by Gasteiger charge is -2.34. The third kappa shape index (κ3) is 4.82. The summed E-state index contributed by atoms with van der Waals surface area (Å²) in [6.07, 6.45) is 3.46. The van der Waals surface area contributed by atoms with E-state index in [1.54, 1.807) is 22.5 Å². The molecule has 8 heteroatoms. The Hall–Kier alpha value is -1.90. The van der Waals surface area contributed by atoms with Crippen molar-refractivity contribution in [3.63, 3.8) is 0 Å². The zero-order valence-electron chi connectivity index (χ0n) is 16.5. The van der Waals surface area contributed by atoms with Gasteiger partial charge in [0.25, 0.3) is 5.91 Å². The summed E-state index contributed by atoms with van der Waals surface area (Å²) in [5.74, 6) is -0.136. The molecule has 6 nitrogen and oxygen atoms in total. The van der Waals surface area contributed by atoms with Gasteiger partial charge in [-0.3, -0.25) is 4.79 Å². The third-order valence-electron chi connectivity index (χ3n) is 5.16. The van der Waals surface area contributed by atoms with Crippen LogP contribution in [0.2, 0.25) is 0 Å². The van der Waals surface area contributed by atoms with Crippen molar-refractivity contribution in [1.29, 1.82) is 0 Å². The maximum absolute atomic E-state index is 13.4. The number of rotatable bonds is 6. The number of ether oxygens (including phenoxy) is 1. The van der Waals surface area contributed by atoms with Crippen molar-refractivity contribution < 1.29 is 17.9 Å². The van der Waals surface area contributed by atoms with Gasteiger partial charge in [-0.2, -0.15) is 4.31 Å². The molecule has 0 saturated carbocycles. The van der Waals surface area contributed by atoms with Crippen LogP contribution >= 0.6 is 15.9 Å². The number of benzene rings is 2. The molecule has 1 N–H and O–H groups in total. The van der Waals surface area contributed by atoms with Crippen molar-refractivity contribution in [3.8, 4) is 5.75 Å². The molecule has 3 rings (SSSR count). The zero-order valence-corrected chi connectivity index (χ0v) is 18.9. The molecule has 2 aromatic carbocycles. The summed E-state index contributed by atoms with van der Waals surface area (Å²) < 4.78 is 34.6. The smallest absolute Gasteiger partial charge is 0.255 e. The van der Waals surface area contributed by atoms with Crippen LogP contribution in [0.1, 0.15) is 43.0 Å². The van der Waals surface area contributed by atoms with Gasteiger partial charge in [-0.25, -0.2) is 8.42 Å². The molecular formula is C21H25BrN2O4S. The summed E-state index contributed by atoms with van der Waals surface area (Å²) >= 11 is 3.35. The predicted molar refractivity (Wildman–Crippen MR) is 117 cm³/mol. The highest BCUT2D eigenvalue weighted by atomic mass is 79.9. The monoisotopic (exact) mass is 480 g/mol. The first-order chi connectivity index (χ1) is 13.9. The molecule has 0 spiro atoms. The van der Waals surface area contributed by atoms with Crippen molar-refractivity contribution in [1.82, 2.24) is 4.31 Å². The van der Waals surface area contributed by atoms with Crippen molar-refractivity contribution in [3.05, 3.63) is 52.5 Å². The second kappa shape index (κ2) is 9.28. The number of piperidine rings is 1. The van der Waals surface area contributed by atoms with Gasteiger partial charge in [0, 0.05) is 28.3 Å². The molecule has 1 aliphatic rings. The standard InChI is InChI=1S/C21H25BrN2O4S/c1-3-18-6-4-5-13-24(18)29(26,27)20-14-15(7-12-19(20)28-2)21(25)23-17-10-8-16(22)9-11-17/h7-12,14,18H,3-6,13H2,1-2H3,(H,23,25)/t18-/m1/s1. The van der Waals surface area contributed by atoms with Crippen LogP contribution in [0.15, 0.2) is 51.8 Å². The minimum absolute atomic E-state index is 0.0290. The Bertz CT molecular complexity index is 977. The fraction of sp³-hybridized carbons (Fsp3) is 0.381. The van der Waals surface area contributed by atoms with E-state index >= 15 is 0 Å². The van der Waals surface area contributed by atoms with E-state index in [0.29, 0.717) is 12.2 Å². The van der Waals surface area contributed by atoms with Crippen LogP contribution in [-0.2, 0) is 10.0 Å². The minimum Gasteiger partial charge on any atom is -0.495 e. The second-order valence-electron chi connectivity index (χ2n) is 7.00. The number of anilines is 1. The number of nitrogens with one attached hydrogen (secondary N) is 1. The van der Waals surface area contributed by atoms with Gasteiger partial charge in [0.05, 0.1) is 7.11 Å². The van der Waals surface area contributed by atoms with E-state index in [0.717, 1.165) is 30.2 Å². The number of carbonyl (C=O) groups excluding carboxylic acids is 1. The maximum atomic E-state index is 13.4. The lowest BCUT2D eigenvalue weighted by Crippen LogP contribution is -2.43. The molecule has 156 valence electrons. The minimum atomic E-state index is -3.78. The fourth-order valence-corrected chi connectivity index (χ4v) is 5.80. The molecule has 1 fully saturated rings. The quantitative estimate of drug-likeness (QED) is 0.651. The van der Waals surface area contributed by atoms with E-state index in [1.165, 1.54) is 19.2 Å². The largest absolute Gasteiger partial charge is 0.495 e. The van der Waals surface area contributed by atoms with Crippen LogP contribution in [0, 0.1) is 0 Å². The molecule has 29 heavy (non-hydrogen) atoms. The van der Waals surface area contributed by atoms with Gasteiger partial charge < -0.3 is 10.1 Å². The number of hydrogen-bond acceptors (Lipinski definition) is 4.